The quantitative estimate of drug-likeness (QED) is 0.147. The van der Waals surface area contributed by atoms with Crippen molar-refractivity contribution < 1.29 is 44.1 Å². The predicted molar refractivity (Wildman–Crippen MR) is 130 cm³/mol. The molecule has 1 aromatic rings. The lowest BCUT2D eigenvalue weighted by Gasteiger charge is -2.25. The van der Waals surface area contributed by atoms with Gasteiger partial charge in [0.2, 0.25) is 17.7 Å². The Labute approximate surface area is 213 Å². The number of carboxylic acids is 3. The summed E-state index contributed by atoms with van der Waals surface area (Å²) in [5.74, 6) is -6.70. The van der Waals surface area contributed by atoms with Crippen LogP contribution in [-0.2, 0) is 35.2 Å². The molecule has 0 aliphatic rings. The molecule has 13 heteroatoms. The number of hydrogen-bond acceptors (Lipinski definition) is 7. The van der Waals surface area contributed by atoms with Crippen molar-refractivity contribution in [1.82, 2.24) is 16.0 Å². The molecular weight excluding hydrogens is 488 g/mol. The molecule has 0 saturated heterocycles. The molecule has 8 N–H and O–H groups in total. The van der Waals surface area contributed by atoms with Gasteiger partial charge in [-0.15, -0.1) is 0 Å². The van der Waals surface area contributed by atoms with E-state index in [9.17, 15) is 39.0 Å². The Balaban J connectivity index is 2.99. The van der Waals surface area contributed by atoms with Crippen molar-refractivity contribution in [2.75, 3.05) is 0 Å². The maximum Gasteiger partial charge on any atom is 0.326 e. The summed E-state index contributed by atoms with van der Waals surface area (Å²) >= 11 is 0. The van der Waals surface area contributed by atoms with E-state index in [0.29, 0.717) is 5.56 Å². The van der Waals surface area contributed by atoms with Crippen LogP contribution in [0, 0.1) is 5.92 Å². The summed E-state index contributed by atoms with van der Waals surface area (Å²) in [5.41, 5.74) is 6.32. The van der Waals surface area contributed by atoms with Gasteiger partial charge in [-0.05, 0) is 24.3 Å². The molecule has 0 aliphatic heterocycles. The van der Waals surface area contributed by atoms with Gasteiger partial charge in [-0.25, -0.2) is 4.79 Å². The van der Waals surface area contributed by atoms with Gasteiger partial charge in [-0.2, -0.15) is 0 Å². The monoisotopic (exact) mass is 522 g/mol. The lowest BCUT2D eigenvalue weighted by atomic mass is 10.0. The van der Waals surface area contributed by atoms with Crippen LogP contribution in [0.15, 0.2) is 30.3 Å². The van der Waals surface area contributed by atoms with Gasteiger partial charge in [-0.3, -0.25) is 24.0 Å². The Bertz CT molecular complexity index is 968. The number of amides is 3. The Morgan fingerprint density at radius 3 is 1.84 bits per heavy atom. The van der Waals surface area contributed by atoms with Gasteiger partial charge in [-0.1, -0.05) is 44.2 Å². The third-order valence-corrected chi connectivity index (χ3v) is 5.26. The molecule has 204 valence electrons. The molecule has 0 fully saturated rings. The molecule has 0 saturated carbocycles. The summed E-state index contributed by atoms with van der Waals surface area (Å²) in [6.45, 7) is 3.53. The Morgan fingerprint density at radius 1 is 0.784 bits per heavy atom. The van der Waals surface area contributed by atoms with Crippen molar-refractivity contribution in [2.24, 2.45) is 11.7 Å². The van der Waals surface area contributed by atoms with E-state index < -0.39 is 66.2 Å². The summed E-state index contributed by atoms with van der Waals surface area (Å²) in [4.78, 5) is 72.0. The van der Waals surface area contributed by atoms with Crippen LogP contribution in [0.3, 0.4) is 0 Å². The van der Waals surface area contributed by atoms with Crippen molar-refractivity contribution in [3.63, 3.8) is 0 Å². The molecule has 13 nitrogen and oxygen atoms in total. The fourth-order valence-electron chi connectivity index (χ4n) is 3.37. The highest BCUT2D eigenvalue weighted by atomic mass is 16.4. The molecule has 0 aliphatic carbocycles. The van der Waals surface area contributed by atoms with Gasteiger partial charge < -0.3 is 37.0 Å². The van der Waals surface area contributed by atoms with E-state index >= 15 is 0 Å². The molecule has 37 heavy (non-hydrogen) atoms. The smallest absolute Gasteiger partial charge is 0.326 e. The molecule has 0 bridgehead atoms. The third-order valence-electron chi connectivity index (χ3n) is 5.26. The predicted octanol–water partition coefficient (Wildman–Crippen LogP) is -0.519. The number of aliphatic carboxylic acids is 3. The van der Waals surface area contributed by atoms with Crippen molar-refractivity contribution in [1.29, 1.82) is 0 Å². The Morgan fingerprint density at radius 2 is 1.32 bits per heavy atom. The highest BCUT2D eigenvalue weighted by Crippen LogP contribution is 2.09. The maximum atomic E-state index is 13.0. The van der Waals surface area contributed by atoms with E-state index in [1.807, 2.05) is 0 Å². The summed E-state index contributed by atoms with van der Waals surface area (Å²) in [5, 5.41) is 34.5. The average Bonchev–Trinajstić information content (AvgIpc) is 2.80. The van der Waals surface area contributed by atoms with E-state index in [-0.39, 0.29) is 31.6 Å². The first-order chi connectivity index (χ1) is 17.3. The number of carboxylic acid groups (broad SMARTS) is 3. The molecule has 0 heterocycles. The molecule has 0 radical (unpaired) electrons. The highest BCUT2D eigenvalue weighted by Gasteiger charge is 2.32. The second-order valence-corrected chi connectivity index (χ2v) is 8.98. The zero-order valence-corrected chi connectivity index (χ0v) is 20.7. The molecule has 1 aromatic carbocycles. The minimum atomic E-state index is -1.63. The van der Waals surface area contributed by atoms with Crippen LogP contribution in [0.1, 0.15) is 45.1 Å². The summed E-state index contributed by atoms with van der Waals surface area (Å²) < 4.78 is 0. The second kappa shape index (κ2) is 15.2. The number of rotatable bonds is 16. The van der Waals surface area contributed by atoms with Gasteiger partial charge in [0, 0.05) is 12.8 Å². The highest BCUT2D eigenvalue weighted by molar-refractivity contribution is 5.95. The lowest BCUT2D eigenvalue weighted by molar-refractivity contribution is -0.144. The van der Waals surface area contributed by atoms with Crippen molar-refractivity contribution in [3.05, 3.63) is 35.9 Å². The average molecular weight is 523 g/mol. The van der Waals surface area contributed by atoms with Crippen LogP contribution in [0.4, 0.5) is 0 Å². The van der Waals surface area contributed by atoms with Crippen molar-refractivity contribution in [2.45, 2.75) is 70.1 Å². The number of carbonyl (C=O) groups is 6. The van der Waals surface area contributed by atoms with Gasteiger partial charge in [0.1, 0.15) is 18.1 Å². The molecule has 0 spiro atoms. The summed E-state index contributed by atoms with van der Waals surface area (Å²) in [6.07, 6.45) is -1.33. The zero-order chi connectivity index (χ0) is 28.1. The van der Waals surface area contributed by atoms with Crippen molar-refractivity contribution in [3.8, 4) is 0 Å². The van der Waals surface area contributed by atoms with Gasteiger partial charge in [0.05, 0.1) is 12.5 Å². The molecule has 4 unspecified atom stereocenters. The molecule has 1 rings (SSSR count). The fourth-order valence-corrected chi connectivity index (χ4v) is 3.37. The topological polar surface area (TPSA) is 225 Å². The van der Waals surface area contributed by atoms with Crippen LogP contribution < -0.4 is 21.7 Å². The van der Waals surface area contributed by atoms with Crippen LogP contribution in [0.5, 0.6) is 0 Å². The van der Waals surface area contributed by atoms with Crippen molar-refractivity contribution >= 4 is 35.6 Å². The number of nitrogens with one attached hydrogen (secondary N) is 3. The molecule has 3 amide bonds. The molecule has 4 atom stereocenters. The lowest BCUT2D eigenvalue weighted by Crippen LogP contribution is -2.58. The normalized spacial score (nSPS) is 14.1. The maximum absolute atomic E-state index is 13.0. The summed E-state index contributed by atoms with van der Waals surface area (Å²) in [7, 11) is 0. The fraction of sp³-hybridized carbons (Fsp3) is 0.500. The van der Waals surface area contributed by atoms with Gasteiger partial charge in [0.15, 0.2) is 0 Å². The SMILES string of the molecule is CC(C)CC(NC(=O)C(N)CCC(=O)O)C(=O)NC(CC(=O)O)C(=O)NC(Cc1ccccc1)C(=O)O. The summed E-state index contributed by atoms with van der Waals surface area (Å²) in [6, 6.07) is 3.04. The first-order valence-corrected chi connectivity index (χ1v) is 11.7. The van der Waals surface area contributed by atoms with E-state index in [1.165, 1.54) is 0 Å². The number of nitrogens with two attached hydrogens (primary N) is 1. The second-order valence-electron chi connectivity index (χ2n) is 8.98. The number of hydrogen-bond donors (Lipinski definition) is 7. The van der Waals surface area contributed by atoms with E-state index in [2.05, 4.69) is 16.0 Å². The standard InChI is InChI=1S/C24H34N4O9/c1-13(2)10-16(26-21(33)15(25)8-9-19(29)30)22(34)27-17(12-20(31)32)23(35)28-18(24(36)37)11-14-6-4-3-5-7-14/h3-7,13,15-18H,8-12,25H2,1-2H3,(H,26,33)(H,27,34)(H,28,35)(H,29,30)(H,31,32)(H,36,37). The Kier molecular flexibility index (Phi) is 12.7. The molecule has 0 aromatic heterocycles. The van der Waals surface area contributed by atoms with Crippen LogP contribution in [0.25, 0.3) is 0 Å². The minimum absolute atomic E-state index is 0.0735. The Hall–Kier alpha value is -4.00. The minimum Gasteiger partial charge on any atom is -0.481 e. The third kappa shape index (κ3) is 12.0. The van der Waals surface area contributed by atoms with Gasteiger partial charge >= 0.3 is 17.9 Å². The molecular formula is C24H34N4O9. The van der Waals surface area contributed by atoms with Crippen LogP contribution >= 0.6 is 0 Å². The first kappa shape index (κ1) is 31.0. The number of carbonyl (C=O) groups excluding carboxylic acids is 3. The number of benzene rings is 1. The van der Waals surface area contributed by atoms with Gasteiger partial charge in [0.25, 0.3) is 0 Å². The van der Waals surface area contributed by atoms with E-state index in [1.54, 1.807) is 44.2 Å². The first-order valence-electron chi connectivity index (χ1n) is 11.7. The largest absolute Gasteiger partial charge is 0.481 e. The zero-order valence-electron chi connectivity index (χ0n) is 20.7. The van der Waals surface area contributed by atoms with Crippen LogP contribution in [0.2, 0.25) is 0 Å². The van der Waals surface area contributed by atoms with E-state index in [0.717, 1.165) is 0 Å². The van der Waals surface area contributed by atoms with Crippen LogP contribution in [-0.4, -0.2) is 75.1 Å². The van der Waals surface area contributed by atoms with E-state index in [4.69, 9.17) is 10.8 Å².